The SMILES string of the molecule is CC.O=C(F)C1CNCCN1. The van der Waals surface area contributed by atoms with E-state index in [1.54, 1.807) is 0 Å². The van der Waals surface area contributed by atoms with E-state index < -0.39 is 12.1 Å². The van der Waals surface area contributed by atoms with Gasteiger partial charge in [0.1, 0.15) is 6.04 Å². The summed E-state index contributed by atoms with van der Waals surface area (Å²) in [5.41, 5.74) is 0. The molecule has 11 heavy (non-hydrogen) atoms. The van der Waals surface area contributed by atoms with Crippen molar-refractivity contribution in [3.8, 4) is 0 Å². The summed E-state index contributed by atoms with van der Waals surface area (Å²) in [7, 11) is 0. The van der Waals surface area contributed by atoms with Crippen LogP contribution >= 0.6 is 0 Å². The lowest BCUT2D eigenvalue weighted by atomic mass is 10.2. The first kappa shape index (κ1) is 10.5. The molecule has 2 N–H and O–H groups in total. The van der Waals surface area contributed by atoms with Crippen LogP contribution in [-0.2, 0) is 4.79 Å². The lowest BCUT2D eigenvalue weighted by molar-refractivity contribution is -0.131. The second-order valence-corrected chi connectivity index (χ2v) is 2.01. The summed E-state index contributed by atoms with van der Waals surface area (Å²) in [6.45, 7) is 5.89. The van der Waals surface area contributed by atoms with Crippen molar-refractivity contribution < 1.29 is 9.18 Å². The fourth-order valence-electron chi connectivity index (χ4n) is 0.814. The van der Waals surface area contributed by atoms with E-state index in [9.17, 15) is 9.18 Å². The molecular formula is C7H15FN2O. The average Bonchev–Trinajstić information content (AvgIpc) is 2.10. The summed E-state index contributed by atoms with van der Waals surface area (Å²) in [4.78, 5) is 10.0. The van der Waals surface area contributed by atoms with Crippen LogP contribution in [0.25, 0.3) is 0 Å². The lowest BCUT2D eigenvalue weighted by Gasteiger charge is -2.19. The molecule has 0 spiro atoms. The van der Waals surface area contributed by atoms with E-state index in [1.807, 2.05) is 13.8 Å². The average molecular weight is 162 g/mol. The fraction of sp³-hybridized carbons (Fsp3) is 0.857. The third-order valence-electron chi connectivity index (χ3n) is 1.31. The zero-order chi connectivity index (χ0) is 8.69. The van der Waals surface area contributed by atoms with E-state index in [0.717, 1.165) is 6.54 Å². The maximum absolute atomic E-state index is 11.8. The predicted molar refractivity (Wildman–Crippen MR) is 42.1 cm³/mol. The van der Waals surface area contributed by atoms with Gasteiger partial charge in [0.25, 0.3) is 0 Å². The van der Waals surface area contributed by atoms with E-state index in [1.165, 1.54) is 0 Å². The Bertz CT molecular complexity index is 113. The third-order valence-corrected chi connectivity index (χ3v) is 1.31. The van der Waals surface area contributed by atoms with E-state index in [4.69, 9.17) is 0 Å². The Labute approximate surface area is 66.4 Å². The van der Waals surface area contributed by atoms with Gasteiger partial charge in [-0.2, -0.15) is 4.39 Å². The van der Waals surface area contributed by atoms with Crippen LogP contribution in [0.4, 0.5) is 4.39 Å². The van der Waals surface area contributed by atoms with E-state index in [-0.39, 0.29) is 0 Å². The molecule has 1 unspecified atom stereocenters. The molecule has 1 rings (SSSR count). The van der Waals surface area contributed by atoms with Crippen LogP contribution in [0.1, 0.15) is 13.8 Å². The van der Waals surface area contributed by atoms with Gasteiger partial charge in [-0.05, 0) is 0 Å². The highest BCUT2D eigenvalue weighted by molar-refractivity contribution is 5.74. The molecule has 0 aromatic rings. The zero-order valence-corrected chi connectivity index (χ0v) is 6.98. The van der Waals surface area contributed by atoms with Crippen molar-refractivity contribution in [1.29, 1.82) is 0 Å². The van der Waals surface area contributed by atoms with Crippen LogP contribution in [0.2, 0.25) is 0 Å². The van der Waals surface area contributed by atoms with Crippen molar-refractivity contribution in [2.45, 2.75) is 19.9 Å². The summed E-state index contributed by atoms with van der Waals surface area (Å²) < 4.78 is 11.8. The molecular weight excluding hydrogens is 147 g/mol. The van der Waals surface area contributed by atoms with Gasteiger partial charge in [0.05, 0.1) is 0 Å². The second kappa shape index (κ2) is 6.24. The number of hydrogen-bond acceptors (Lipinski definition) is 3. The topological polar surface area (TPSA) is 41.1 Å². The summed E-state index contributed by atoms with van der Waals surface area (Å²) in [5, 5.41) is 5.62. The maximum Gasteiger partial charge on any atom is 0.319 e. The molecule has 1 aliphatic rings. The second-order valence-electron chi connectivity index (χ2n) is 2.01. The van der Waals surface area contributed by atoms with Crippen LogP contribution in [0, 0.1) is 0 Å². The minimum Gasteiger partial charge on any atom is -0.313 e. The van der Waals surface area contributed by atoms with Gasteiger partial charge in [0.2, 0.25) is 0 Å². The molecule has 0 amide bonds. The Balaban J connectivity index is 0.000000461. The number of hydrogen-bond donors (Lipinski definition) is 2. The van der Waals surface area contributed by atoms with Gasteiger partial charge in [0, 0.05) is 19.6 Å². The van der Waals surface area contributed by atoms with E-state index >= 15 is 0 Å². The zero-order valence-electron chi connectivity index (χ0n) is 6.98. The quantitative estimate of drug-likeness (QED) is 0.536. The van der Waals surface area contributed by atoms with Gasteiger partial charge in [0.15, 0.2) is 0 Å². The molecule has 0 saturated carbocycles. The molecule has 0 bridgehead atoms. The Morgan fingerprint density at radius 2 is 2.09 bits per heavy atom. The van der Waals surface area contributed by atoms with Gasteiger partial charge in [-0.1, -0.05) is 13.8 Å². The monoisotopic (exact) mass is 162 g/mol. The molecule has 1 aliphatic heterocycles. The molecule has 0 aromatic heterocycles. The molecule has 1 atom stereocenters. The number of rotatable bonds is 1. The maximum atomic E-state index is 11.8. The van der Waals surface area contributed by atoms with Crippen LogP contribution < -0.4 is 10.6 Å². The lowest BCUT2D eigenvalue weighted by Crippen LogP contribution is -2.51. The van der Waals surface area contributed by atoms with Gasteiger partial charge >= 0.3 is 6.04 Å². The van der Waals surface area contributed by atoms with Crippen molar-refractivity contribution in [2.24, 2.45) is 0 Å². The van der Waals surface area contributed by atoms with Crippen molar-refractivity contribution in [3.63, 3.8) is 0 Å². The van der Waals surface area contributed by atoms with Crippen molar-refractivity contribution in [1.82, 2.24) is 10.6 Å². The molecule has 0 radical (unpaired) electrons. The largest absolute Gasteiger partial charge is 0.319 e. The number of carbonyl (C=O) groups is 1. The number of carbonyl (C=O) groups excluding carboxylic acids is 1. The Kier molecular flexibility index (Phi) is 5.97. The third kappa shape index (κ3) is 4.06. The predicted octanol–water partition coefficient (Wildman–Crippen LogP) is 0.0701. The first-order valence-electron chi connectivity index (χ1n) is 3.94. The summed E-state index contributed by atoms with van der Waals surface area (Å²) in [6.07, 6.45) is 0. The summed E-state index contributed by atoms with van der Waals surface area (Å²) in [5.74, 6) is 0. The fourth-order valence-corrected chi connectivity index (χ4v) is 0.814. The molecule has 3 nitrogen and oxygen atoms in total. The normalized spacial score (nSPS) is 23.4. The first-order chi connectivity index (χ1) is 5.30. The summed E-state index contributed by atoms with van der Waals surface area (Å²) in [6, 6.07) is -1.89. The molecule has 0 aliphatic carbocycles. The molecule has 66 valence electrons. The van der Waals surface area contributed by atoms with Crippen LogP contribution in [-0.4, -0.2) is 31.7 Å². The molecule has 1 heterocycles. The van der Waals surface area contributed by atoms with Crippen molar-refractivity contribution in [2.75, 3.05) is 19.6 Å². The molecule has 1 fully saturated rings. The Hall–Kier alpha value is -0.480. The highest BCUT2D eigenvalue weighted by Gasteiger charge is 2.18. The summed E-state index contributed by atoms with van der Waals surface area (Å²) >= 11 is 0. The highest BCUT2D eigenvalue weighted by atomic mass is 19.1. The van der Waals surface area contributed by atoms with Crippen LogP contribution in [0.15, 0.2) is 0 Å². The smallest absolute Gasteiger partial charge is 0.313 e. The molecule has 0 aromatic carbocycles. The highest BCUT2D eigenvalue weighted by Crippen LogP contribution is 1.88. The Morgan fingerprint density at radius 1 is 1.45 bits per heavy atom. The van der Waals surface area contributed by atoms with E-state index in [0.29, 0.717) is 13.1 Å². The van der Waals surface area contributed by atoms with Gasteiger partial charge in [-0.25, -0.2) is 0 Å². The Morgan fingerprint density at radius 3 is 2.36 bits per heavy atom. The van der Waals surface area contributed by atoms with Crippen molar-refractivity contribution in [3.05, 3.63) is 0 Å². The molecule has 4 heteroatoms. The van der Waals surface area contributed by atoms with Crippen molar-refractivity contribution >= 4 is 6.04 Å². The minimum atomic E-state index is -1.28. The van der Waals surface area contributed by atoms with Crippen LogP contribution in [0.5, 0.6) is 0 Å². The van der Waals surface area contributed by atoms with E-state index in [2.05, 4.69) is 10.6 Å². The van der Waals surface area contributed by atoms with Gasteiger partial charge in [-0.3, -0.25) is 4.79 Å². The number of piperazine rings is 1. The number of nitrogens with one attached hydrogen (secondary N) is 2. The van der Waals surface area contributed by atoms with Crippen LogP contribution in [0.3, 0.4) is 0 Å². The molecule has 1 saturated heterocycles. The first-order valence-corrected chi connectivity index (χ1v) is 3.94. The van der Waals surface area contributed by atoms with Gasteiger partial charge in [-0.15, -0.1) is 0 Å². The van der Waals surface area contributed by atoms with Gasteiger partial charge < -0.3 is 10.6 Å². The minimum absolute atomic E-state index is 0.412. The number of halogens is 1. The standard InChI is InChI=1S/C5H9FN2O.C2H6/c6-5(9)4-3-7-1-2-8-4;1-2/h4,7-8H,1-3H2;1-2H3.